The molecule has 2 heterocycles. The van der Waals surface area contributed by atoms with E-state index in [9.17, 15) is 0 Å². The molecule has 0 N–H and O–H groups in total. The minimum Gasteiger partial charge on any atom is -0.350 e. The third kappa shape index (κ3) is 2.17. The summed E-state index contributed by atoms with van der Waals surface area (Å²) >= 11 is 7.66. The van der Waals surface area contributed by atoms with Gasteiger partial charge in [0.25, 0.3) is 0 Å². The number of fused-ring (bicyclic) bond motifs is 6. The minimum atomic E-state index is -0.596. The van der Waals surface area contributed by atoms with Crippen molar-refractivity contribution in [1.29, 1.82) is 0 Å². The monoisotopic (exact) mass is 595 g/mol. The van der Waals surface area contributed by atoms with Gasteiger partial charge >= 0.3 is 0 Å². The number of rotatable bonds is 1. The molecule has 1 fully saturated rings. The normalized spacial score (nSPS) is 25.9. The van der Waals surface area contributed by atoms with Gasteiger partial charge in [0, 0.05) is 27.3 Å². The number of para-hydroxylation sites is 1. The zero-order valence-electron chi connectivity index (χ0n) is 19.8. The van der Waals surface area contributed by atoms with E-state index in [1.807, 2.05) is 0 Å². The van der Waals surface area contributed by atoms with Gasteiger partial charge in [-0.2, -0.15) is 0 Å². The number of ether oxygens (including phenoxy) is 1. The molecule has 4 aromatic rings. The predicted molar refractivity (Wildman–Crippen MR) is 152 cm³/mol. The Hall–Kier alpha value is -2.66. The van der Waals surface area contributed by atoms with Gasteiger partial charge in [-0.05, 0) is 70.1 Å². The molecular formula is C32H23Br2NO. The maximum atomic E-state index is 7.05. The van der Waals surface area contributed by atoms with E-state index in [0.717, 1.165) is 22.0 Å². The SMILES string of the molecule is CN1c2ccccc2[C@@]23CCO[C@@]12C(c1ccccc1)=CC31c2cc(Br)ccc2-c2ccc(Br)cc21. The lowest BCUT2D eigenvalue weighted by molar-refractivity contribution is 0.0232. The molecule has 0 saturated carbocycles. The zero-order valence-corrected chi connectivity index (χ0v) is 22.9. The topological polar surface area (TPSA) is 12.5 Å². The van der Waals surface area contributed by atoms with Crippen molar-refractivity contribution in [3.63, 3.8) is 0 Å². The van der Waals surface area contributed by atoms with Crippen molar-refractivity contribution in [1.82, 2.24) is 0 Å². The van der Waals surface area contributed by atoms with E-state index in [1.165, 1.54) is 44.6 Å². The van der Waals surface area contributed by atoms with Crippen molar-refractivity contribution in [3.05, 3.63) is 128 Å². The van der Waals surface area contributed by atoms with Crippen LogP contribution in [0.15, 0.2) is 106 Å². The standard InChI is InChI=1S/C32H23Br2NO/c1-35-29-10-6-5-9-25(29)31-15-16-36-32(31,35)28(20-7-3-2-4-8-20)19-30(31)26-17-21(33)11-13-23(26)24-14-12-22(34)18-27(24)30/h2-14,17-19H,15-16H2,1H3/t31-,32-/m1/s1. The Kier molecular flexibility index (Phi) is 4.17. The molecule has 2 nitrogen and oxygen atoms in total. The molecule has 2 aliphatic heterocycles. The highest BCUT2D eigenvalue weighted by molar-refractivity contribution is 9.10. The Balaban J connectivity index is 1.60. The van der Waals surface area contributed by atoms with Crippen molar-refractivity contribution >= 4 is 43.1 Å². The van der Waals surface area contributed by atoms with Gasteiger partial charge in [0.1, 0.15) is 0 Å². The summed E-state index contributed by atoms with van der Waals surface area (Å²) in [5, 5.41) is 0. The smallest absolute Gasteiger partial charge is 0.178 e. The number of halogens is 2. The summed E-state index contributed by atoms with van der Waals surface area (Å²) in [6.07, 6.45) is 3.51. The number of hydrogen-bond acceptors (Lipinski definition) is 2. The Labute approximate surface area is 227 Å². The van der Waals surface area contributed by atoms with Gasteiger partial charge in [-0.1, -0.05) is 98.6 Å². The highest BCUT2D eigenvalue weighted by Gasteiger charge is 2.79. The zero-order chi connectivity index (χ0) is 24.3. The molecule has 2 aliphatic carbocycles. The first-order valence-electron chi connectivity index (χ1n) is 12.4. The van der Waals surface area contributed by atoms with Crippen LogP contribution in [0.4, 0.5) is 5.69 Å². The molecule has 0 radical (unpaired) electrons. The Morgan fingerprint density at radius 3 is 2.08 bits per heavy atom. The molecule has 0 aromatic heterocycles. The quantitative estimate of drug-likeness (QED) is 0.220. The third-order valence-corrected chi connectivity index (χ3v) is 10.1. The van der Waals surface area contributed by atoms with Crippen molar-refractivity contribution in [2.24, 2.45) is 0 Å². The van der Waals surface area contributed by atoms with Crippen molar-refractivity contribution in [2.45, 2.75) is 23.0 Å². The minimum absolute atomic E-state index is 0.307. The average molecular weight is 597 g/mol. The second-order valence-electron chi connectivity index (χ2n) is 10.3. The van der Waals surface area contributed by atoms with Gasteiger partial charge in [-0.3, -0.25) is 0 Å². The molecule has 0 unspecified atom stereocenters. The summed E-state index contributed by atoms with van der Waals surface area (Å²) < 4.78 is 9.26. The van der Waals surface area contributed by atoms with Crippen molar-refractivity contribution in [3.8, 4) is 11.1 Å². The van der Waals surface area contributed by atoms with Gasteiger partial charge in [0.05, 0.1) is 17.4 Å². The van der Waals surface area contributed by atoms with Crippen LogP contribution in [0.25, 0.3) is 16.7 Å². The van der Waals surface area contributed by atoms with E-state index in [2.05, 4.69) is 141 Å². The van der Waals surface area contributed by atoms with Gasteiger partial charge in [0.2, 0.25) is 0 Å². The number of allylic oxidation sites excluding steroid dienone is 1. The molecule has 4 aromatic carbocycles. The van der Waals surface area contributed by atoms with E-state index in [4.69, 9.17) is 4.74 Å². The van der Waals surface area contributed by atoms with Crippen LogP contribution >= 0.6 is 31.9 Å². The first-order valence-corrected chi connectivity index (χ1v) is 14.0. The van der Waals surface area contributed by atoms with E-state index in [0.29, 0.717) is 0 Å². The number of hydrogen-bond donors (Lipinski definition) is 0. The molecule has 2 atom stereocenters. The highest BCUT2D eigenvalue weighted by Crippen LogP contribution is 2.76. The Bertz CT molecular complexity index is 1580. The molecule has 0 bridgehead atoms. The van der Waals surface area contributed by atoms with Crippen LogP contribution in [0.5, 0.6) is 0 Å². The average Bonchev–Trinajstić information content (AvgIpc) is 3.56. The molecule has 4 aliphatic rings. The third-order valence-electron chi connectivity index (χ3n) is 9.15. The first kappa shape index (κ1) is 21.4. The Morgan fingerprint density at radius 2 is 1.39 bits per heavy atom. The van der Waals surface area contributed by atoms with Gasteiger partial charge < -0.3 is 9.64 Å². The van der Waals surface area contributed by atoms with Gasteiger partial charge in [-0.25, -0.2) is 0 Å². The summed E-state index contributed by atoms with van der Waals surface area (Å²) in [6.45, 7) is 0.720. The van der Waals surface area contributed by atoms with Crippen molar-refractivity contribution < 1.29 is 4.74 Å². The maximum Gasteiger partial charge on any atom is 0.178 e. The van der Waals surface area contributed by atoms with Gasteiger partial charge in [-0.15, -0.1) is 0 Å². The molecule has 8 rings (SSSR count). The van der Waals surface area contributed by atoms with Crippen LogP contribution in [-0.4, -0.2) is 19.4 Å². The summed E-state index contributed by atoms with van der Waals surface area (Å²) in [6, 6.07) is 33.4. The van der Waals surface area contributed by atoms with E-state index >= 15 is 0 Å². The molecule has 1 saturated heterocycles. The van der Waals surface area contributed by atoms with Crippen LogP contribution in [-0.2, 0) is 15.6 Å². The molecule has 4 heteroatoms. The number of anilines is 1. The second kappa shape index (κ2) is 7.00. The Morgan fingerprint density at radius 1 is 0.750 bits per heavy atom. The second-order valence-corrected chi connectivity index (χ2v) is 12.2. The van der Waals surface area contributed by atoms with Gasteiger partial charge in [0.15, 0.2) is 5.72 Å². The molecule has 36 heavy (non-hydrogen) atoms. The lowest BCUT2D eigenvalue weighted by Crippen LogP contribution is -2.59. The largest absolute Gasteiger partial charge is 0.350 e. The van der Waals surface area contributed by atoms with Crippen LogP contribution in [0, 0.1) is 0 Å². The van der Waals surface area contributed by atoms with E-state index in [1.54, 1.807) is 0 Å². The fraction of sp³-hybridized carbons (Fsp3) is 0.188. The molecule has 176 valence electrons. The van der Waals surface area contributed by atoms with Crippen molar-refractivity contribution in [2.75, 3.05) is 18.6 Å². The fourth-order valence-corrected chi connectivity index (χ4v) is 8.78. The highest BCUT2D eigenvalue weighted by atomic mass is 79.9. The van der Waals surface area contributed by atoms with E-state index < -0.39 is 5.72 Å². The van der Waals surface area contributed by atoms with Crippen LogP contribution in [0.3, 0.4) is 0 Å². The number of likely N-dealkylation sites (N-methyl/N-ethyl adjacent to an activating group) is 1. The summed E-state index contributed by atoms with van der Waals surface area (Å²) in [5.41, 5.74) is 9.18. The summed E-state index contributed by atoms with van der Waals surface area (Å²) in [5.74, 6) is 0. The number of nitrogens with zero attached hydrogens (tertiary/aromatic N) is 1. The first-order chi connectivity index (χ1) is 17.5. The van der Waals surface area contributed by atoms with Crippen LogP contribution in [0.2, 0.25) is 0 Å². The predicted octanol–water partition coefficient (Wildman–Crippen LogP) is 8.08. The molecular weight excluding hydrogens is 574 g/mol. The van der Waals surface area contributed by atoms with E-state index in [-0.39, 0.29) is 10.8 Å². The maximum absolute atomic E-state index is 7.05. The molecule has 0 amide bonds. The summed E-state index contributed by atoms with van der Waals surface area (Å²) in [7, 11) is 2.22. The van der Waals surface area contributed by atoms with Crippen LogP contribution in [0.1, 0.15) is 28.7 Å². The lowest BCUT2D eigenvalue weighted by Gasteiger charge is -2.48. The van der Waals surface area contributed by atoms with Crippen LogP contribution < -0.4 is 4.90 Å². The lowest BCUT2D eigenvalue weighted by atomic mass is 9.55. The number of benzene rings is 4. The summed E-state index contributed by atoms with van der Waals surface area (Å²) in [4.78, 5) is 2.43. The molecule has 1 spiro atoms. The fourth-order valence-electron chi connectivity index (χ4n) is 8.06.